The van der Waals surface area contributed by atoms with Gasteiger partial charge in [-0.2, -0.15) is 5.10 Å². The highest BCUT2D eigenvalue weighted by atomic mass is 16.5. The van der Waals surface area contributed by atoms with Crippen molar-refractivity contribution in [2.75, 3.05) is 25.4 Å². The number of nitrogens with zero attached hydrogens (tertiary/aromatic N) is 5. The lowest BCUT2D eigenvalue weighted by atomic mass is 10.1. The van der Waals surface area contributed by atoms with Gasteiger partial charge in [0, 0.05) is 13.1 Å². The fraction of sp³-hybridized carbons (Fsp3) is 0.304. The fourth-order valence-corrected chi connectivity index (χ4v) is 3.74. The van der Waals surface area contributed by atoms with E-state index in [0.29, 0.717) is 42.2 Å². The molecule has 0 aliphatic carbocycles. The number of hydrogen-bond donors (Lipinski definition) is 1. The minimum Gasteiger partial charge on any atom is -0.383 e. The van der Waals surface area contributed by atoms with Gasteiger partial charge >= 0.3 is 0 Å². The van der Waals surface area contributed by atoms with E-state index in [1.54, 1.807) is 4.90 Å². The van der Waals surface area contributed by atoms with Crippen LogP contribution in [-0.2, 0) is 16.1 Å². The second-order valence-electron chi connectivity index (χ2n) is 7.32. The zero-order valence-electron chi connectivity index (χ0n) is 17.2. The predicted octanol–water partition coefficient (Wildman–Crippen LogP) is 2.33. The maximum atomic E-state index is 12.1. The molecule has 0 spiro atoms. The van der Waals surface area contributed by atoms with Crippen LogP contribution in [0.25, 0.3) is 11.0 Å². The lowest BCUT2D eigenvalue weighted by molar-refractivity contribution is -0.127. The molecule has 4 rings (SSSR count). The van der Waals surface area contributed by atoms with E-state index in [9.17, 15) is 4.79 Å². The molecule has 1 aliphatic heterocycles. The number of rotatable bonds is 5. The quantitative estimate of drug-likeness (QED) is 0.389. The summed E-state index contributed by atoms with van der Waals surface area (Å²) in [6, 6.07) is 9.91. The summed E-state index contributed by atoms with van der Waals surface area (Å²) in [6.07, 6.45) is 4.52. The van der Waals surface area contributed by atoms with E-state index in [2.05, 4.69) is 28.4 Å². The number of ether oxygens (including phenoxy) is 1. The highest BCUT2D eigenvalue weighted by molar-refractivity contribution is 5.90. The number of carbonyl (C=O) groups is 1. The van der Waals surface area contributed by atoms with Crippen molar-refractivity contribution in [1.82, 2.24) is 24.6 Å². The maximum Gasteiger partial charge on any atom is 0.246 e. The topological polar surface area (TPSA) is 99.2 Å². The number of amides is 1. The van der Waals surface area contributed by atoms with E-state index in [-0.39, 0.29) is 18.6 Å². The van der Waals surface area contributed by atoms with Gasteiger partial charge in [-0.3, -0.25) is 4.79 Å². The van der Waals surface area contributed by atoms with E-state index in [4.69, 9.17) is 15.6 Å². The number of carbonyl (C=O) groups excluding carboxylic acids is 1. The molecular formula is C23H24N6O2. The monoisotopic (exact) mass is 416 g/mol. The molecule has 2 aromatic heterocycles. The SMILES string of the molecule is C=CC(=O)N1CCC[C@@H](n2nc(C#CCOCc3ccccc3)c3c(N)ncnc32)C1. The number of hydrogen-bond acceptors (Lipinski definition) is 6. The van der Waals surface area contributed by atoms with Gasteiger partial charge in [-0.15, -0.1) is 0 Å². The van der Waals surface area contributed by atoms with Gasteiger partial charge in [-0.05, 0) is 30.4 Å². The summed E-state index contributed by atoms with van der Waals surface area (Å²) < 4.78 is 7.46. The Labute approximate surface area is 180 Å². The minimum absolute atomic E-state index is 0.0145. The van der Waals surface area contributed by atoms with Gasteiger partial charge in [0.1, 0.15) is 24.4 Å². The first-order valence-corrected chi connectivity index (χ1v) is 10.2. The third kappa shape index (κ3) is 4.57. The molecule has 3 heterocycles. The third-order valence-corrected chi connectivity index (χ3v) is 5.24. The second kappa shape index (κ2) is 9.41. The molecule has 0 saturated carbocycles. The van der Waals surface area contributed by atoms with Gasteiger partial charge in [0.25, 0.3) is 0 Å². The van der Waals surface area contributed by atoms with Crippen molar-refractivity contribution in [3.05, 3.63) is 60.6 Å². The smallest absolute Gasteiger partial charge is 0.246 e. The molecule has 1 amide bonds. The lowest BCUT2D eigenvalue weighted by Gasteiger charge is -2.32. The normalized spacial score (nSPS) is 16.0. The summed E-state index contributed by atoms with van der Waals surface area (Å²) in [5.74, 6) is 6.32. The minimum atomic E-state index is -0.0779. The van der Waals surface area contributed by atoms with E-state index in [1.165, 1.54) is 12.4 Å². The molecule has 1 aromatic carbocycles. The van der Waals surface area contributed by atoms with Gasteiger partial charge in [0.2, 0.25) is 5.91 Å². The molecule has 0 radical (unpaired) electrons. The van der Waals surface area contributed by atoms with Crippen LogP contribution in [0.15, 0.2) is 49.3 Å². The van der Waals surface area contributed by atoms with Crippen molar-refractivity contribution in [1.29, 1.82) is 0 Å². The Kier molecular flexibility index (Phi) is 6.24. The van der Waals surface area contributed by atoms with Crippen LogP contribution in [0.3, 0.4) is 0 Å². The van der Waals surface area contributed by atoms with Crippen LogP contribution >= 0.6 is 0 Å². The van der Waals surface area contributed by atoms with Crippen LogP contribution in [0.1, 0.15) is 30.1 Å². The number of nitrogens with two attached hydrogens (primary N) is 1. The molecule has 1 saturated heterocycles. The summed E-state index contributed by atoms with van der Waals surface area (Å²) in [5.41, 5.74) is 8.35. The van der Waals surface area contributed by atoms with Gasteiger partial charge in [-0.25, -0.2) is 14.6 Å². The molecule has 1 fully saturated rings. The van der Waals surface area contributed by atoms with Gasteiger partial charge in [-0.1, -0.05) is 42.8 Å². The van der Waals surface area contributed by atoms with Crippen molar-refractivity contribution < 1.29 is 9.53 Å². The van der Waals surface area contributed by atoms with Crippen LogP contribution in [0.4, 0.5) is 5.82 Å². The summed E-state index contributed by atoms with van der Waals surface area (Å²) >= 11 is 0. The molecule has 2 N–H and O–H groups in total. The number of anilines is 1. The first-order chi connectivity index (χ1) is 15.2. The molecule has 1 atom stereocenters. The summed E-state index contributed by atoms with van der Waals surface area (Å²) in [6.45, 7) is 5.60. The van der Waals surface area contributed by atoms with Gasteiger partial charge in [0.05, 0.1) is 18.0 Å². The molecule has 0 unspecified atom stereocenters. The molecule has 3 aromatic rings. The first-order valence-electron chi connectivity index (χ1n) is 10.2. The van der Waals surface area contributed by atoms with Crippen molar-refractivity contribution in [2.24, 2.45) is 0 Å². The number of benzene rings is 1. The predicted molar refractivity (Wildman–Crippen MR) is 118 cm³/mol. The number of likely N-dealkylation sites (tertiary alicyclic amines) is 1. The zero-order chi connectivity index (χ0) is 21.6. The van der Waals surface area contributed by atoms with Crippen LogP contribution in [0.5, 0.6) is 0 Å². The van der Waals surface area contributed by atoms with Crippen LogP contribution in [-0.4, -0.2) is 50.3 Å². The molecule has 8 heteroatoms. The zero-order valence-corrected chi connectivity index (χ0v) is 17.2. The number of piperidine rings is 1. The Morgan fingerprint density at radius 3 is 2.97 bits per heavy atom. The number of nitrogen functional groups attached to an aromatic ring is 1. The van der Waals surface area contributed by atoms with Crippen molar-refractivity contribution in [3.8, 4) is 11.8 Å². The average Bonchev–Trinajstić information content (AvgIpc) is 3.19. The summed E-state index contributed by atoms with van der Waals surface area (Å²) in [5, 5.41) is 5.32. The molecular weight excluding hydrogens is 392 g/mol. The maximum absolute atomic E-state index is 12.1. The van der Waals surface area contributed by atoms with Crippen molar-refractivity contribution in [3.63, 3.8) is 0 Å². The summed E-state index contributed by atoms with van der Waals surface area (Å²) in [7, 11) is 0. The Morgan fingerprint density at radius 1 is 1.32 bits per heavy atom. The standard InChI is InChI=1S/C23H24N6O2/c1-2-20(30)28-12-6-10-18(14-28)29-23-21(22(24)25-16-26-23)19(27-29)11-7-13-31-15-17-8-4-3-5-9-17/h2-5,8-9,16,18H,1,6,10,12-15H2,(H2,24,25,26)/t18-/m1/s1. The van der Waals surface area contributed by atoms with E-state index >= 15 is 0 Å². The van der Waals surface area contributed by atoms with Crippen LogP contribution in [0, 0.1) is 11.8 Å². The van der Waals surface area contributed by atoms with E-state index < -0.39 is 0 Å². The number of fused-ring (bicyclic) bond motifs is 1. The Morgan fingerprint density at radius 2 is 2.16 bits per heavy atom. The third-order valence-electron chi connectivity index (χ3n) is 5.24. The Bertz CT molecular complexity index is 1150. The van der Waals surface area contributed by atoms with Crippen molar-refractivity contribution in [2.45, 2.75) is 25.5 Å². The van der Waals surface area contributed by atoms with E-state index in [0.717, 1.165) is 18.4 Å². The largest absolute Gasteiger partial charge is 0.383 e. The van der Waals surface area contributed by atoms with Crippen LogP contribution in [0.2, 0.25) is 0 Å². The van der Waals surface area contributed by atoms with Gasteiger partial charge in [0.15, 0.2) is 5.65 Å². The highest BCUT2D eigenvalue weighted by Crippen LogP contribution is 2.28. The molecule has 1 aliphatic rings. The van der Waals surface area contributed by atoms with Crippen molar-refractivity contribution >= 4 is 22.8 Å². The average molecular weight is 416 g/mol. The van der Waals surface area contributed by atoms with Gasteiger partial charge < -0.3 is 15.4 Å². The Hall–Kier alpha value is -3.70. The first kappa shape index (κ1) is 20.6. The summed E-state index contributed by atoms with van der Waals surface area (Å²) in [4.78, 5) is 22.4. The highest BCUT2D eigenvalue weighted by Gasteiger charge is 2.27. The molecule has 8 nitrogen and oxygen atoms in total. The molecule has 31 heavy (non-hydrogen) atoms. The molecule has 158 valence electrons. The Balaban J connectivity index is 1.55. The second-order valence-corrected chi connectivity index (χ2v) is 7.32. The lowest BCUT2D eigenvalue weighted by Crippen LogP contribution is -2.40. The van der Waals surface area contributed by atoms with E-state index in [1.807, 2.05) is 35.0 Å². The number of aromatic nitrogens is 4. The fourth-order valence-electron chi connectivity index (χ4n) is 3.74. The van der Waals surface area contributed by atoms with Crippen LogP contribution < -0.4 is 5.73 Å². The molecule has 0 bridgehead atoms.